The standard InChI is InChI=1S/C15H19N5S/c1-15(2,3)13-17-18-14-20(13)19-12(21-14)11-6-4-5-10(9-11)7-8-16/h4-6,9H,7-8,16H2,1-3H3. The van der Waals surface area contributed by atoms with Gasteiger partial charge in [0.1, 0.15) is 5.01 Å². The molecule has 2 aromatic heterocycles. The first kappa shape index (κ1) is 14.2. The SMILES string of the molecule is CC(C)(C)c1nnc2sc(-c3cccc(CCN)c3)nn12. The topological polar surface area (TPSA) is 69.1 Å². The molecule has 6 heteroatoms. The van der Waals surface area contributed by atoms with E-state index in [2.05, 4.69) is 54.3 Å². The van der Waals surface area contributed by atoms with Crippen LogP contribution in [0.4, 0.5) is 0 Å². The van der Waals surface area contributed by atoms with E-state index in [0.29, 0.717) is 6.54 Å². The Balaban J connectivity index is 2.05. The van der Waals surface area contributed by atoms with Gasteiger partial charge >= 0.3 is 0 Å². The highest BCUT2D eigenvalue weighted by Crippen LogP contribution is 2.29. The van der Waals surface area contributed by atoms with Crippen LogP contribution < -0.4 is 5.73 Å². The molecule has 3 rings (SSSR count). The van der Waals surface area contributed by atoms with Crippen LogP contribution in [0.1, 0.15) is 32.2 Å². The van der Waals surface area contributed by atoms with E-state index in [9.17, 15) is 0 Å². The van der Waals surface area contributed by atoms with Gasteiger partial charge in [-0.25, -0.2) is 0 Å². The number of fused-ring (bicyclic) bond motifs is 1. The molecule has 0 amide bonds. The molecule has 3 aromatic rings. The third-order valence-electron chi connectivity index (χ3n) is 3.27. The molecular weight excluding hydrogens is 282 g/mol. The van der Waals surface area contributed by atoms with Crippen LogP contribution in [0, 0.1) is 0 Å². The molecule has 0 aliphatic heterocycles. The number of aromatic nitrogens is 4. The summed E-state index contributed by atoms with van der Waals surface area (Å²) in [4.78, 5) is 0.833. The average Bonchev–Trinajstić information content (AvgIpc) is 2.97. The van der Waals surface area contributed by atoms with E-state index < -0.39 is 0 Å². The van der Waals surface area contributed by atoms with Gasteiger partial charge in [-0.2, -0.15) is 9.61 Å². The zero-order valence-corrected chi connectivity index (χ0v) is 13.3. The highest BCUT2D eigenvalue weighted by atomic mass is 32.1. The first-order valence-electron chi connectivity index (χ1n) is 7.01. The summed E-state index contributed by atoms with van der Waals surface area (Å²) in [6.07, 6.45) is 0.880. The van der Waals surface area contributed by atoms with Crippen molar-refractivity contribution < 1.29 is 0 Å². The molecule has 110 valence electrons. The van der Waals surface area contributed by atoms with Gasteiger partial charge in [-0.1, -0.05) is 50.3 Å². The first-order valence-corrected chi connectivity index (χ1v) is 7.83. The second kappa shape index (κ2) is 5.20. The summed E-state index contributed by atoms with van der Waals surface area (Å²) in [5, 5.41) is 14.1. The van der Waals surface area contributed by atoms with Crippen molar-refractivity contribution >= 4 is 16.3 Å². The number of nitrogens with two attached hydrogens (primary N) is 1. The Morgan fingerprint density at radius 1 is 1.24 bits per heavy atom. The Morgan fingerprint density at radius 2 is 2.05 bits per heavy atom. The fourth-order valence-electron chi connectivity index (χ4n) is 2.23. The summed E-state index contributed by atoms with van der Waals surface area (Å²) >= 11 is 1.56. The molecule has 0 radical (unpaired) electrons. The Hall–Kier alpha value is -1.79. The molecule has 21 heavy (non-hydrogen) atoms. The van der Waals surface area contributed by atoms with Crippen LogP contribution in [0.15, 0.2) is 24.3 Å². The summed E-state index contributed by atoms with van der Waals surface area (Å²) in [6, 6.07) is 8.36. The highest BCUT2D eigenvalue weighted by molar-refractivity contribution is 7.19. The maximum absolute atomic E-state index is 5.63. The molecule has 0 unspecified atom stereocenters. The lowest BCUT2D eigenvalue weighted by Crippen LogP contribution is -2.16. The van der Waals surface area contributed by atoms with E-state index >= 15 is 0 Å². The van der Waals surface area contributed by atoms with Crippen molar-refractivity contribution in [3.8, 4) is 10.6 Å². The lowest BCUT2D eigenvalue weighted by Gasteiger charge is -2.13. The van der Waals surface area contributed by atoms with Crippen molar-refractivity contribution in [1.29, 1.82) is 0 Å². The summed E-state index contributed by atoms with van der Waals surface area (Å²) in [5.41, 5.74) is 7.89. The largest absolute Gasteiger partial charge is 0.330 e. The van der Waals surface area contributed by atoms with Gasteiger partial charge in [-0.15, -0.1) is 10.2 Å². The van der Waals surface area contributed by atoms with Crippen LogP contribution >= 0.6 is 11.3 Å². The van der Waals surface area contributed by atoms with Crippen molar-refractivity contribution in [2.45, 2.75) is 32.6 Å². The first-order chi connectivity index (χ1) is 9.99. The molecule has 2 heterocycles. The fourth-order valence-corrected chi connectivity index (χ4v) is 3.06. The minimum absolute atomic E-state index is 0.0772. The van der Waals surface area contributed by atoms with Crippen LogP contribution in [-0.4, -0.2) is 26.4 Å². The highest BCUT2D eigenvalue weighted by Gasteiger charge is 2.23. The molecule has 0 saturated heterocycles. The van der Waals surface area contributed by atoms with Crippen LogP contribution in [0.25, 0.3) is 15.5 Å². The van der Waals surface area contributed by atoms with Crippen LogP contribution in [-0.2, 0) is 11.8 Å². The minimum Gasteiger partial charge on any atom is -0.330 e. The van der Waals surface area contributed by atoms with Gasteiger partial charge in [-0.05, 0) is 24.6 Å². The molecule has 0 atom stereocenters. The summed E-state index contributed by atoms with van der Waals surface area (Å²) in [5.74, 6) is 0.887. The molecule has 0 spiro atoms. The normalized spacial score (nSPS) is 12.2. The summed E-state index contributed by atoms with van der Waals surface area (Å²) in [6.45, 7) is 7.00. The number of benzene rings is 1. The molecule has 5 nitrogen and oxygen atoms in total. The van der Waals surface area contributed by atoms with E-state index in [1.54, 1.807) is 11.3 Å². The monoisotopic (exact) mass is 301 g/mol. The Bertz CT molecular complexity index is 766. The molecule has 0 aliphatic carbocycles. The number of nitrogens with zero attached hydrogens (tertiary/aromatic N) is 4. The van der Waals surface area contributed by atoms with E-state index in [1.807, 2.05) is 10.6 Å². The van der Waals surface area contributed by atoms with Gasteiger partial charge in [0.05, 0.1) is 0 Å². The lowest BCUT2D eigenvalue weighted by molar-refractivity contribution is 0.528. The van der Waals surface area contributed by atoms with Gasteiger partial charge in [0.15, 0.2) is 5.82 Å². The van der Waals surface area contributed by atoms with Gasteiger partial charge in [0.25, 0.3) is 0 Å². The molecular formula is C15H19N5S. The minimum atomic E-state index is -0.0772. The summed E-state index contributed by atoms with van der Waals surface area (Å²) in [7, 11) is 0. The second-order valence-electron chi connectivity index (χ2n) is 6.11. The van der Waals surface area contributed by atoms with Gasteiger partial charge in [0.2, 0.25) is 4.96 Å². The van der Waals surface area contributed by atoms with Crippen LogP contribution in [0.2, 0.25) is 0 Å². The molecule has 0 bridgehead atoms. The third kappa shape index (κ3) is 2.69. The van der Waals surface area contributed by atoms with Gasteiger partial charge in [-0.3, -0.25) is 0 Å². The van der Waals surface area contributed by atoms with E-state index in [1.165, 1.54) is 5.56 Å². The lowest BCUT2D eigenvalue weighted by atomic mass is 9.96. The predicted octanol–water partition coefficient (Wildman–Crippen LogP) is 2.65. The van der Waals surface area contributed by atoms with E-state index in [-0.39, 0.29) is 5.41 Å². The molecule has 0 aliphatic rings. The number of hydrogen-bond donors (Lipinski definition) is 1. The molecule has 1 aromatic carbocycles. The van der Waals surface area contributed by atoms with E-state index in [4.69, 9.17) is 5.73 Å². The Kier molecular flexibility index (Phi) is 3.51. The second-order valence-corrected chi connectivity index (χ2v) is 7.07. The number of rotatable bonds is 3. The maximum Gasteiger partial charge on any atom is 0.235 e. The smallest absolute Gasteiger partial charge is 0.235 e. The molecule has 0 saturated carbocycles. The fraction of sp³-hybridized carbons (Fsp3) is 0.400. The quantitative estimate of drug-likeness (QED) is 0.807. The van der Waals surface area contributed by atoms with Crippen LogP contribution in [0.3, 0.4) is 0 Å². The Labute approximate surface area is 127 Å². The van der Waals surface area contributed by atoms with Crippen molar-refractivity contribution in [2.24, 2.45) is 5.73 Å². The molecule has 2 N–H and O–H groups in total. The zero-order valence-electron chi connectivity index (χ0n) is 12.5. The summed E-state index contributed by atoms with van der Waals surface area (Å²) < 4.78 is 1.86. The van der Waals surface area contributed by atoms with Crippen molar-refractivity contribution in [1.82, 2.24) is 19.8 Å². The predicted molar refractivity (Wildman–Crippen MR) is 85.6 cm³/mol. The van der Waals surface area contributed by atoms with Crippen LogP contribution in [0.5, 0.6) is 0 Å². The van der Waals surface area contributed by atoms with Crippen molar-refractivity contribution in [3.05, 3.63) is 35.7 Å². The van der Waals surface area contributed by atoms with Crippen molar-refractivity contribution in [3.63, 3.8) is 0 Å². The van der Waals surface area contributed by atoms with Gasteiger partial charge < -0.3 is 5.73 Å². The molecule has 0 fully saturated rings. The zero-order chi connectivity index (χ0) is 15.0. The maximum atomic E-state index is 5.63. The van der Waals surface area contributed by atoms with Gasteiger partial charge in [0, 0.05) is 11.0 Å². The van der Waals surface area contributed by atoms with Crippen molar-refractivity contribution in [2.75, 3.05) is 6.54 Å². The average molecular weight is 301 g/mol. The van der Waals surface area contributed by atoms with E-state index in [0.717, 1.165) is 27.8 Å². The Morgan fingerprint density at radius 3 is 2.76 bits per heavy atom. The third-order valence-corrected chi connectivity index (χ3v) is 4.22. The number of hydrogen-bond acceptors (Lipinski definition) is 5.